The molecule has 2 amide bonds. The van der Waals surface area contributed by atoms with Crippen LogP contribution in [0.1, 0.15) is 46.2 Å². The number of amides is 2. The van der Waals surface area contributed by atoms with Gasteiger partial charge < -0.3 is 15.2 Å². The zero-order valence-electron chi connectivity index (χ0n) is 17.5. The lowest BCUT2D eigenvalue weighted by atomic mass is 9.97. The molecule has 0 saturated carbocycles. The molecule has 5 rings (SSSR count). The van der Waals surface area contributed by atoms with Crippen molar-refractivity contribution in [2.45, 2.75) is 37.6 Å². The number of carbonyl (C=O) groups is 3. The molecule has 0 spiro atoms. The number of H-pyrrole nitrogens is 1. The van der Waals surface area contributed by atoms with Gasteiger partial charge in [0.1, 0.15) is 5.69 Å². The monoisotopic (exact) mass is 468 g/mol. The fraction of sp³-hybridized carbons (Fsp3) is 0.391. The molecule has 2 saturated heterocycles. The molecule has 0 bridgehead atoms. The van der Waals surface area contributed by atoms with Crippen molar-refractivity contribution < 1.29 is 14.4 Å². The van der Waals surface area contributed by atoms with Crippen molar-refractivity contribution in [1.29, 1.82) is 0 Å². The van der Waals surface area contributed by atoms with Crippen LogP contribution in [0.5, 0.6) is 0 Å². The average Bonchev–Trinajstić information content (AvgIpc) is 3.55. The van der Waals surface area contributed by atoms with Crippen LogP contribution in [0, 0.1) is 0 Å². The standard InChI is InChI=1S/C23H24N4O3S2/c28-20(11-15-12-24-17-4-2-1-3-16(15)17)27-8-5-14(6-9-27)22-26-19(13-32-22)21(29)25-18-7-10-31-23(18)30/h1-4,12-14,18,24H,5-11H2,(H,25,29). The van der Waals surface area contributed by atoms with Crippen molar-refractivity contribution in [1.82, 2.24) is 20.2 Å². The molecule has 4 heterocycles. The Morgan fingerprint density at radius 1 is 1.19 bits per heavy atom. The Hall–Kier alpha value is -2.65. The average molecular weight is 469 g/mol. The summed E-state index contributed by atoms with van der Waals surface area (Å²) in [6, 6.07) is 7.63. The molecule has 1 atom stereocenters. The van der Waals surface area contributed by atoms with Crippen LogP contribution in [0.2, 0.25) is 0 Å². The maximum atomic E-state index is 12.9. The summed E-state index contributed by atoms with van der Waals surface area (Å²) < 4.78 is 0. The zero-order valence-corrected chi connectivity index (χ0v) is 19.1. The normalized spacial score (nSPS) is 19.6. The summed E-state index contributed by atoms with van der Waals surface area (Å²) in [4.78, 5) is 46.7. The first-order valence-electron chi connectivity index (χ1n) is 10.8. The van der Waals surface area contributed by atoms with E-state index in [2.05, 4.69) is 15.3 Å². The van der Waals surface area contributed by atoms with Gasteiger partial charge >= 0.3 is 0 Å². The number of hydrogen-bond acceptors (Lipinski definition) is 6. The third kappa shape index (κ3) is 4.31. The highest BCUT2D eigenvalue weighted by molar-refractivity contribution is 8.14. The number of nitrogens with zero attached hydrogens (tertiary/aromatic N) is 2. The predicted octanol–water partition coefficient (Wildman–Crippen LogP) is 3.34. The van der Waals surface area contributed by atoms with Gasteiger partial charge in [-0.05, 0) is 30.9 Å². The fourth-order valence-electron chi connectivity index (χ4n) is 4.37. The summed E-state index contributed by atoms with van der Waals surface area (Å²) in [7, 11) is 0. The van der Waals surface area contributed by atoms with Crippen LogP contribution in [0.25, 0.3) is 10.9 Å². The minimum absolute atomic E-state index is 0.0264. The molecule has 0 radical (unpaired) electrons. The number of hydrogen-bond donors (Lipinski definition) is 2. The Morgan fingerprint density at radius 2 is 2.00 bits per heavy atom. The van der Waals surface area contributed by atoms with Gasteiger partial charge in [-0.15, -0.1) is 11.3 Å². The third-order valence-corrected chi connectivity index (χ3v) is 8.22. The molecule has 7 nitrogen and oxygen atoms in total. The van der Waals surface area contributed by atoms with Crippen LogP contribution in [-0.2, 0) is 16.0 Å². The van der Waals surface area contributed by atoms with E-state index in [9.17, 15) is 14.4 Å². The van der Waals surface area contributed by atoms with E-state index >= 15 is 0 Å². The van der Waals surface area contributed by atoms with E-state index in [0.29, 0.717) is 31.6 Å². The number of para-hydroxylation sites is 1. The lowest BCUT2D eigenvalue weighted by Crippen LogP contribution is -2.39. The molecule has 2 aliphatic heterocycles. The second kappa shape index (κ2) is 9.07. The minimum Gasteiger partial charge on any atom is -0.361 e. The lowest BCUT2D eigenvalue weighted by molar-refractivity contribution is -0.131. The summed E-state index contributed by atoms with van der Waals surface area (Å²) in [5.74, 6) is 0.873. The van der Waals surface area contributed by atoms with Gasteiger partial charge in [-0.1, -0.05) is 30.0 Å². The van der Waals surface area contributed by atoms with Gasteiger partial charge in [0.2, 0.25) is 11.0 Å². The number of carbonyl (C=O) groups excluding carboxylic acids is 3. The topological polar surface area (TPSA) is 95.2 Å². The molecular weight excluding hydrogens is 444 g/mol. The van der Waals surface area contributed by atoms with Crippen LogP contribution in [0.4, 0.5) is 0 Å². The first-order chi connectivity index (χ1) is 15.6. The molecule has 1 unspecified atom stereocenters. The van der Waals surface area contributed by atoms with Crippen LogP contribution in [-0.4, -0.2) is 56.7 Å². The van der Waals surface area contributed by atoms with E-state index in [1.54, 1.807) is 5.38 Å². The van der Waals surface area contributed by atoms with Crippen LogP contribution in [0.15, 0.2) is 35.8 Å². The molecular formula is C23H24N4O3S2. The number of piperidine rings is 1. The number of nitrogens with one attached hydrogen (secondary N) is 2. The highest BCUT2D eigenvalue weighted by Crippen LogP contribution is 2.31. The van der Waals surface area contributed by atoms with Gasteiger partial charge in [0.25, 0.3) is 5.91 Å². The number of aromatic amines is 1. The smallest absolute Gasteiger partial charge is 0.271 e. The lowest BCUT2D eigenvalue weighted by Gasteiger charge is -2.31. The van der Waals surface area contributed by atoms with E-state index in [-0.39, 0.29) is 22.8 Å². The second-order valence-corrected chi connectivity index (χ2v) is 10.2. The Morgan fingerprint density at radius 3 is 2.78 bits per heavy atom. The first kappa shape index (κ1) is 21.2. The maximum Gasteiger partial charge on any atom is 0.271 e. The largest absolute Gasteiger partial charge is 0.361 e. The highest BCUT2D eigenvalue weighted by Gasteiger charge is 2.29. The number of fused-ring (bicyclic) bond motifs is 1. The summed E-state index contributed by atoms with van der Waals surface area (Å²) in [6.07, 6.45) is 4.68. The predicted molar refractivity (Wildman–Crippen MR) is 126 cm³/mol. The third-order valence-electron chi connectivity index (χ3n) is 6.21. The van der Waals surface area contributed by atoms with Crippen LogP contribution >= 0.6 is 23.1 Å². The second-order valence-electron chi connectivity index (χ2n) is 8.24. The summed E-state index contributed by atoms with van der Waals surface area (Å²) in [5, 5.41) is 6.63. The number of benzene rings is 1. The summed E-state index contributed by atoms with van der Waals surface area (Å²) in [6.45, 7) is 1.39. The van der Waals surface area contributed by atoms with E-state index in [0.717, 1.165) is 40.1 Å². The molecule has 3 aromatic rings. The number of rotatable bonds is 5. The van der Waals surface area contributed by atoms with Gasteiger partial charge in [0.15, 0.2) is 0 Å². The van der Waals surface area contributed by atoms with E-state index in [1.807, 2.05) is 35.4 Å². The molecule has 32 heavy (non-hydrogen) atoms. The van der Waals surface area contributed by atoms with Crippen molar-refractivity contribution in [3.05, 3.63) is 52.1 Å². The first-order valence-corrected chi connectivity index (χ1v) is 12.7. The van der Waals surface area contributed by atoms with Crippen molar-refractivity contribution in [3.63, 3.8) is 0 Å². The van der Waals surface area contributed by atoms with Crippen LogP contribution < -0.4 is 5.32 Å². The van der Waals surface area contributed by atoms with E-state index in [4.69, 9.17) is 0 Å². The molecule has 0 aliphatic carbocycles. The number of thioether (sulfide) groups is 1. The maximum absolute atomic E-state index is 12.9. The Labute approximate surface area is 194 Å². The number of aromatic nitrogens is 2. The van der Waals surface area contributed by atoms with E-state index in [1.165, 1.54) is 23.1 Å². The van der Waals surface area contributed by atoms with Gasteiger partial charge in [-0.3, -0.25) is 14.4 Å². The highest BCUT2D eigenvalue weighted by atomic mass is 32.2. The van der Waals surface area contributed by atoms with Gasteiger partial charge in [-0.2, -0.15) is 0 Å². The van der Waals surface area contributed by atoms with Crippen LogP contribution in [0.3, 0.4) is 0 Å². The molecule has 2 fully saturated rings. The zero-order chi connectivity index (χ0) is 22.1. The Bertz CT molecular complexity index is 1160. The summed E-state index contributed by atoms with van der Waals surface area (Å²) >= 11 is 2.76. The van der Waals surface area contributed by atoms with Gasteiger partial charge in [-0.25, -0.2) is 4.98 Å². The van der Waals surface area contributed by atoms with Crippen molar-refractivity contribution in [3.8, 4) is 0 Å². The quantitative estimate of drug-likeness (QED) is 0.599. The Balaban J connectivity index is 1.16. The molecule has 9 heteroatoms. The molecule has 2 aliphatic rings. The van der Waals surface area contributed by atoms with Crippen molar-refractivity contribution in [2.24, 2.45) is 0 Å². The molecule has 2 aromatic heterocycles. The minimum atomic E-state index is -0.399. The summed E-state index contributed by atoms with van der Waals surface area (Å²) in [5.41, 5.74) is 2.46. The van der Waals surface area contributed by atoms with Crippen molar-refractivity contribution >= 4 is 50.9 Å². The van der Waals surface area contributed by atoms with Gasteiger partial charge in [0, 0.05) is 47.2 Å². The number of likely N-dealkylation sites (tertiary alicyclic amines) is 1. The molecule has 2 N–H and O–H groups in total. The number of thiazole rings is 1. The van der Waals surface area contributed by atoms with E-state index < -0.39 is 6.04 Å². The SMILES string of the molecule is O=C(NC1CCSC1=O)c1csc(C2CCN(C(=O)Cc3c[nH]c4ccccc34)CC2)n1. The molecule has 1 aromatic carbocycles. The fourth-order valence-corrected chi connectivity index (χ4v) is 6.27. The van der Waals surface area contributed by atoms with Crippen molar-refractivity contribution in [2.75, 3.05) is 18.8 Å². The Kier molecular flexibility index (Phi) is 6.01. The molecule has 166 valence electrons. The van der Waals surface area contributed by atoms with Gasteiger partial charge in [0.05, 0.1) is 17.5 Å².